The molecule has 5 heteroatoms. The standard InChI is InChI=1S/C16H14F2O3/c1-20-16-8-13(17)12(7-14(16)18)15(19)10-21-9-11-5-3-2-4-6-11/h2-8H,9-10H2,1H3. The lowest BCUT2D eigenvalue weighted by molar-refractivity contribution is 0.0722. The summed E-state index contributed by atoms with van der Waals surface area (Å²) in [5.41, 5.74) is 0.549. The van der Waals surface area contributed by atoms with Crippen LogP contribution in [0.25, 0.3) is 0 Å². The van der Waals surface area contributed by atoms with Crippen LogP contribution in [-0.2, 0) is 11.3 Å². The number of halogens is 2. The normalized spacial score (nSPS) is 10.4. The third-order valence-corrected chi connectivity index (χ3v) is 2.89. The van der Waals surface area contributed by atoms with Gasteiger partial charge in [-0.05, 0) is 11.6 Å². The first-order valence-corrected chi connectivity index (χ1v) is 6.29. The van der Waals surface area contributed by atoms with Crippen molar-refractivity contribution in [2.24, 2.45) is 0 Å². The van der Waals surface area contributed by atoms with Crippen LogP contribution in [0.2, 0.25) is 0 Å². The molecule has 3 nitrogen and oxygen atoms in total. The van der Waals surface area contributed by atoms with E-state index in [0.29, 0.717) is 0 Å². The maximum Gasteiger partial charge on any atom is 0.191 e. The zero-order valence-corrected chi connectivity index (χ0v) is 11.4. The predicted octanol–water partition coefficient (Wildman–Crippen LogP) is 3.37. The highest BCUT2D eigenvalue weighted by Crippen LogP contribution is 2.21. The first kappa shape index (κ1) is 15.1. The quantitative estimate of drug-likeness (QED) is 0.766. The first-order chi connectivity index (χ1) is 10.1. The second-order valence-electron chi connectivity index (χ2n) is 4.37. The molecule has 0 fully saturated rings. The molecule has 0 radical (unpaired) electrons. The molecule has 2 rings (SSSR count). The summed E-state index contributed by atoms with van der Waals surface area (Å²) in [5.74, 6) is -2.48. The zero-order valence-electron chi connectivity index (χ0n) is 11.4. The minimum absolute atomic E-state index is 0.229. The van der Waals surface area contributed by atoms with Crippen LogP contribution < -0.4 is 4.74 Å². The third-order valence-electron chi connectivity index (χ3n) is 2.89. The van der Waals surface area contributed by atoms with Gasteiger partial charge in [0.05, 0.1) is 19.3 Å². The molecule has 0 atom stereocenters. The number of benzene rings is 2. The average Bonchev–Trinajstić information content (AvgIpc) is 2.50. The fourth-order valence-corrected chi connectivity index (χ4v) is 1.81. The zero-order chi connectivity index (χ0) is 15.2. The van der Waals surface area contributed by atoms with Gasteiger partial charge in [-0.1, -0.05) is 30.3 Å². The van der Waals surface area contributed by atoms with Crippen LogP contribution in [0.1, 0.15) is 15.9 Å². The van der Waals surface area contributed by atoms with Gasteiger partial charge in [0.1, 0.15) is 12.4 Å². The molecule has 0 N–H and O–H groups in total. The van der Waals surface area contributed by atoms with Crippen molar-refractivity contribution >= 4 is 5.78 Å². The first-order valence-electron chi connectivity index (χ1n) is 6.29. The van der Waals surface area contributed by atoms with Crippen molar-refractivity contribution in [2.75, 3.05) is 13.7 Å². The Balaban J connectivity index is 1.99. The van der Waals surface area contributed by atoms with Crippen LogP contribution in [0, 0.1) is 11.6 Å². The minimum Gasteiger partial charge on any atom is -0.494 e. The van der Waals surface area contributed by atoms with Crippen molar-refractivity contribution in [3.8, 4) is 5.75 Å². The van der Waals surface area contributed by atoms with Gasteiger partial charge < -0.3 is 9.47 Å². The highest BCUT2D eigenvalue weighted by molar-refractivity contribution is 5.97. The molecule has 0 amide bonds. The lowest BCUT2D eigenvalue weighted by Crippen LogP contribution is -2.12. The van der Waals surface area contributed by atoms with Gasteiger partial charge >= 0.3 is 0 Å². The summed E-state index contributed by atoms with van der Waals surface area (Å²) >= 11 is 0. The predicted molar refractivity (Wildman–Crippen MR) is 73.3 cm³/mol. The van der Waals surface area contributed by atoms with Gasteiger partial charge in [-0.2, -0.15) is 0 Å². The number of hydrogen-bond acceptors (Lipinski definition) is 3. The Labute approximate surface area is 121 Å². The van der Waals surface area contributed by atoms with E-state index in [9.17, 15) is 13.6 Å². The summed E-state index contributed by atoms with van der Waals surface area (Å²) < 4.78 is 37.0. The van der Waals surface area contributed by atoms with Crippen molar-refractivity contribution in [1.29, 1.82) is 0 Å². The molecule has 110 valence electrons. The van der Waals surface area contributed by atoms with E-state index in [1.165, 1.54) is 7.11 Å². The SMILES string of the molecule is COc1cc(F)c(C(=O)COCc2ccccc2)cc1F. The fourth-order valence-electron chi connectivity index (χ4n) is 1.81. The Morgan fingerprint density at radius 1 is 1.10 bits per heavy atom. The van der Waals surface area contributed by atoms with E-state index in [1.54, 1.807) is 0 Å². The molecule has 0 aromatic heterocycles. The van der Waals surface area contributed by atoms with Crippen molar-refractivity contribution in [2.45, 2.75) is 6.61 Å². The fraction of sp³-hybridized carbons (Fsp3) is 0.188. The van der Waals surface area contributed by atoms with E-state index < -0.39 is 17.4 Å². The third kappa shape index (κ3) is 3.86. The van der Waals surface area contributed by atoms with Crippen LogP contribution in [0.15, 0.2) is 42.5 Å². The van der Waals surface area contributed by atoms with Gasteiger partial charge in [0.25, 0.3) is 0 Å². The molecular formula is C16H14F2O3. The van der Waals surface area contributed by atoms with E-state index in [0.717, 1.165) is 17.7 Å². The molecule has 0 saturated heterocycles. The second-order valence-corrected chi connectivity index (χ2v) is 4.37. The Hall–Kier alpha value is -2.27. The molecule has 2 aromatic carbocycles. The van der Waals surface area contributed by atoms with E-state index >= 15 is 0 Å². The molecule has 0 unspecified atom stereocenters. The van der Waals surface area contributed by atoms with Gasteiger partial charge in [0, 0.05) is 6.07 Å². The van der Waals surface area contributed by atoms with Crippen LogP contribution in [0.4, 0.5) is 8.78 Å². The lowest BCUT2D eigenvalue weighted by Gasteiger charge is -2.07. The topological polar surface area (TPSA) is 35.5 Å². The lowest BCUT2D eigenvalue weighted by atomic mass is 10.1. The van der Waals surface area contributed by atoms with Gasteiger partial charge in [-0.3, -0.25) is 4.79 Å². The number of rotatable bonds is 6. The Bertz CT molecular complexity index is 627. The maximum absolute atomic E-state index is 13.7. The molecule has 0 spiro atoms. The van der Waals surface area contributed by atoms with E-state index in [1.807, 2.05) is 30.3 Å². The molecule has 0 aliphatic carbocycles. The minimum atomic E-state index is -0.832. The molecular weight excluding hydrogens is 278 g/mol. The smallest absolute Gasteiger partial charge is 0.191 e. The van der Waals surface area contributed by atoms with Crippen LogP contribution >= 0.6 is 0 Å². The van der Waals surface area contributed by atoms with Crippen molar-refractivity contribution in [3.63, 3.8) is 0 Å². The summed E-state index contributed by atoms with van der Waals surface area (Å²) in [4.78, 5) is 11.8. The van der Waals surface area contributed by atoms with Crippen LogP contribution in [0.5, 0.6) is 5.75 Å². The number of carbonyl (C=O) groups excluding carboxylic acids is 1. The summed E-state index contributed by atoms with van der Waals surface area (Å²) in [7, 11) is 1.22. The van der Waals surface area contributed by atoms with Gasteiger partial charge in [-0.15, -0.1) is 0 Å². The average molecular weight is 292 g/mol. The number of methoxy groups -OCH3 is 1. The summed E-state index contributed by atoms with van der Waals surface area (Å²) in [6.45, 7) is -0.0928. The number of carbonyl (C=O) groups is 1. The molecule has 0 aliphatic rings. The number of ether oxygens (including phenoxy) is 2. The number of Topliss-reactive ketones (excluding diaryl/α,β-unsaturated/α-hetero) is 1. The van der Waals surface area contributed by atoms with Crippen LogP contribution in [0.3, 0.4) is 0 Å². The molecule has 2 aromatic rings. The molecule has 21 heavy (non-hydrogen) atoms. The number of ketones is 1. The van der Waals surface area contributed by atoms with Gasteiger partial charge in [0.2, 0.25) is 0 Å². The highest BCUT2D eigenvalue weighted by atomic mass is 19.1. The van der Waals surface area contributed by atoms with Crippen molar-refractivity contribution in [1.82, 2.24) is 0 Å². The van der Waals surface area contributed by atoms with Crippen LogP contribution in [-0.4, -0.2) is 19.5 Å². The summed E-state index contributed by atoms with van der Waals surface area (Å²) in [6.07, 6.45) is 0. The Morgan fingerprint density at radius 2 is 1.81 bits per heavy atom. The van der Waals surface area contributed by atoms with Crippen molar-refractivity contribution < 1.29 is 23.0 Å². The second kappa shape index (κ2) is 6.95. The Morgan fingerprint density at radius 3 is 2.48 bits per heavy atom. The largest absolute Gasteiger partial charge is 0.494 e. The van der Waals surface area contributed by atoms with E-state index in [-0.39, 0.29) is 24.5 Å². The highest BCUT2D eigenvalue weighted by Gasteiger charge is 2.16. The van der Waals surface area contributed by atoms with Gasteiger partial charge in [-0.25, -0.2) is 8.78 Å². The molecule has 0 heterocycles. The Kier molecular flexibility index (Phi) is 5.00. The molecule has 0 saturated carbocycles. The summed E-state index contributed by atoms with van der Waals surface area (Å²) in [6, 6.07) is 10.9. The van der Waals surface area contributed by atoms with E-state index in [2.05, 4.69) is 4.74 Å². The molecule has 0 bridgehead atoms. The maximum atomic E-state index is 13.7. The molecule has 0 aliphatic heterocycles. The van der Waals surface area contributed by atoms with Crippen molar-refractivity contribution in [3.05, 3.63) is 65.2 Å². The summed E-state index contributed by atoms with van der Waals surface area (Å²) in [5, 5.41) is 0. The number of hydrogen-bond donors (Lipinski definition) is 0. The van der Waals surface area contributed by atoms with Gasteiger partial charge in [0.15, 0.2) is 17.3 Å². The monoisotopic (exact) mass is 292 g/mol. The van der Waals surface area contributed by atoms with E-state index in [4.69, 9.17) is 4.74 Å².